The molecule has 1 aromatic rings. The highest BCUT2D eigenvalue weighted by Crippen LogP contribution is 2.18. The SMILES string of the molecule is Nc1cccc(S(=O)(=O)NCCC(=O)NC2CC2)c1. The van der Waals surface area contributed by atoms with Gasteiger partial charge in [-0.1, -0.05) is 6.07 Å². The number of carbonyl (C=O) groups excluding carboxylic acids is 1. The van der Waals surface area contributed by atoms with E-state index >= 15 is 0 Å². The number of hydrogen-bond donors (Lipinski definition) is 3. The van der Waals surface area contributed by atoms with Crippen LogP contribution in [0.5, 0.6) is 0 Å². The van der Waals surface area contributed by atoms with Crippen LogP contribution in [-0.4, -0.2) is 26.9 Å². The Morgan fingerprint density at radius 3 is 2.74 bits per heavy atom. The van der Waals surface area contributed by atoms with Gasteiger partial charge in [0.25, 0.3) is 0 Å². The van der Waals surface area contributed by atoms with E-state index in [2.05, 4.69) is 10.0 Å². The number of nitrogens with two attached hydrogens (primary N) is 1. The Balaban J connectivity index is 1.85. The summed E-state index contributed by atoms with van der Waals surface area (Å²) in [7, 11) is -3.60. The van der Waals surface area contributed by atoms with Crippen molar-refractivity contribution < 1.29 is 13.2 Å². The largest absolute Gasteiger partial charge is 0.399 e. The van der Waals surface area contributed by atoms with Crippen LogP contribution in [0.2, 0.25) is 0 Å². The van der Waals surface area contributed by atoms with Crippen LogP contribution in [0.3, 0.4) is 0 Å². The predicted octanol–water partition coefficient (Wildman–Crippen LogP) is 0.216. The zero-order chi connectivity index (χ0) is 13.9. The second-order valence-electron chi connectivity index (χ2n) is 4.56. The lowest BCUT2D eigenvalue weighted by Crippen LogP contribution is -2.31. The number of nitrogens with one attached hydrogen (secondary N) is 2. The van der Waals surface area contributed by atoms with Crippen molar-refractivity contribution in [1.82, 2.24) is 10.0 Å². The summed E-state index contributed by atoms with van der Waals surface area (Å²) in [5.74, 6) is -0.127. The Morgan fingerprint density at radius 1 is 1.37 bits per heavy atom. The highest BCUT2D eigenvalue weighted by molar-refractivity contribution is 7.89. The van der Waals surface area contributed by atoms with Gasteiger partial charge in [-0.15, -0.1) is 0 Å². The molecular weight excluding hydrogens is 266 g/mol. The first kappa shape index (κ1) is 13.8. The van der Waals surface area contributed by atoms with Crippen LogP contribution in [0, 0.1) is 0 Å². The number of hydrogen-bond acceptors (Lipinski definition) is 4. The summed E-state index contributed by atoms with van der Waals surface area (Å²) in [6.45, 7) is 0.0791. The summed E-state index contributed by atoms with van der Waals surface area (Å²) >= 11 is 0. The van der Waals surface area contributed by atoms with Crippen molar-refractivity contribution in [3.63, 3.8) is 0 Å². The lowest BCUT2D eigenvalue weighted by molar-refractivity contribution is -0.121. The molecule has 104 valence electrons. The maximum atomic E-state index is 11.9. The minimum Gasteiger partial charge on any atom is -0.399 e. The van der Waals surface area contributed by atoms with E-state index in [-0.39, 0.29) is 29.8 Å². The zero-order valence-corrected chi connectivity index (χ0v) is 11.2. The van der Waals surface area contributed by atoms with Crippen LogP contribution in [0.25, 0.3) is 0 Å². The molecule has 7 heteroatoms. The van der Waals surface area contributed by atoms with E-state index in [4.69, 9.17) is 5.73 Å². The first-order valence-electron chi connectivity index (χ1n) is 6.12. The van der Waals surface area contributed by atoms with Crippen LogP contribution in [0.4, 0.5) is 5.69 Å². The lowest BCUT2D eigenvalue weighted by atomic mass is 10.3. The maximum absolute atomic E-state index is 11.9. The molecular formula is C12H17N3O3S. The molecule has 1 fully saturated rings. The van der Waals surface area contributed by atoms with Gasteiger partial charge in [0.1, 0.15) is 0 Å². The fraction of sp³-hybridized carbons (Fsp3) is 0.417. The van der Waals surface area contributed by atoms with Gasteiger partial charge in [-0.2, -0.15) is 0 Å². The normalized spacial score (nSPS) is 15.2. The highest BCUT2D eigenvalue weighted by atomic mass is 32.2. The third kappa shape index (κ3) is 4.22. The summed E-state index contributed by atoms with van der Waals surface area (Å²) < 4.78 is 26.2. The van der Waals surface area contributed by atoms with Crippen LogP contribution in [-0.2, 0) is 14.8 Å². The number of amides is 1. The van der Waals surface area contributed by atoms with E-state index in [0.717, 1.165) is 12.8 Å². The van der Waals surface area contributed by atoms with Crippen molar-refractivity contribution in [3.8, 4) is 0 Å². The predicted molar refractivity (Wildman–Crippen MR) is 71.8 cm³/mol. The maximum Gasteiger partial charge on any atom is 0.240 e. The van der Waals surface area contributed by atoms with Crippen LogP contribution >= 0.6 is 0 Å². The molecule has 0 atom stereocenters. The molecule has 1 aromatic carbocycles. The Bertz CT molecular complexity index is 567. The van der Waals surface area contributed by atoms with E-state index in [1.807, 2.05) is 0 Å². The van der Waals surface area contributed by atoms with Crippen molar-refractivity contribution in [2.75, 3.05) is 12.3 Å². The standard InChI is InChI=1S/C12H17N3O3S/c13-9-2-1-3-11(8-9)19(17,18)14-7-6-12(16)15-10-4-5-10/h1-3,8,10,14H,4-7,13H2,(H,15,16). The first-order valence-corrected chi connectivity index (χ1v) is 7.60. The van der Waals surface area contributed by atoms with Crippen molar-refractivity contribution >= 4 is 21.6 Å². The van der Waals surface area contributed by atoms with Crippen LogP contribution in [0.1, 0.15) is 19.3 Å². The minimum absolute atomic E-state index is 0.0791. The zero-order valence-electron chi connectivity index (χ0n) is 10.4. The van der Waals surface area contributed by atoms with E-state index in [1.165, 1.54) is 12.1 Å². The Morgan fingerprint density at radius 2 is 2.11 bits per heavy atom. The first-order chi connectivity index (χ1) is 8.97. The smallest absolute Gasteiger partial charge is 0.240 e. The number of anilines is 1. The second kappa shape index (κ2) is 5.58. The van der Waals surface area contributed by atoms with Gasteiger partial charge in [0, 0.05) is 24.7 Å². The molecule has 1 saturated carbocycles. The van der Waals surface area contributed by atoms with Gasteiger partial charge in [0.15, 0.2) is 0 Å². The summed E-state index contributed by atoms with van der Waals surface area (Å²) in [4.78, 5) is 11.5. The molecule has 0 radical (unpaired) electrons. The average Bonchev–Trinajstić information content (AvgIpc) is 3.12. The summed E-state index contributed by atoms with van der Waals surface area (Å²) in [5, 5.41) is 2.80. The van der Waals surface area contributed by atoms with Gasteiger partial charge < -0.3 is 11.1 Å². The molecule has 0 unspecified atom stereocenters. The van der Waals surface area contributed by atoms with E-state index in [9.17, 15) is 13.2 Å². The Hall–Kier alpha value is -1.60. The summed E-state index contributed by atoms with van der Waals surface area (Å²) in [6, 6.07) is 6.32. The van der Waals surface area contributed by atoms with Gasteiger partial charge in [0.05, 0.1) is 4.90 Å². The fourth-order valence-corrected chi connectivity index (χ4v) is 2.68. The Kier molecular flexibility index (Phi) is 4.06. The molecule has 4 N–H and O–H groups in total. The molecule has 1 aliphatic carbocycles. The van der Waals surface area contributed by atoms with Gasteiger partial charge in [0.2, 0.25) is 15.9 Å². The fourth-order valence-electron chi connectivity index (χ4n) is 1.59. The third-order valence-electron chi connectivity index (χ3n) is 2.75. The Labute approximate surface area is 112 Å². The second-order valence-corrected chi connectivity index (χ2v) is 6.33. The van der Waals surface area contributed by atoms with E-state index in [0.29, 0.717) is 5.69 Å². The number of sulfonamides is 1. The molecule has 0 aromatic heterocycles. The number of benzene rings is 1. The van der Waals surface area contributed by atoms with Gasteiger partial charge in [-0.3, -0.25) is 4.79 Å². The average molecular weight is 283 g/mol. The number of rotatable bonds is 6. The molecule has 0 spiro atoms. The summed E-state index contributed by atoms with van der Waals surface area (Å²) in [6.07, 6.45) is 2.17. The monoisotopic (exact) mass is 283 g/mol. The highest BCUT2D eigenvalue weighted by Gasteiger charge is 2.23. The molecule has 19 heavy (non-hydrogen) atoms. The molecule has 0 aliphatic heterocycles. The van der Waals surface area contributed by atoms with Crippen molar-refractivity contribution in [2.45, 2.75) is 30.2 Å². The van der Waals surface area contributed by atoms with Crippen molar-refractivity contribution in [1.29, 1.82) is 0 Å². The molecule has 0 saturated heterocycles. The van der Waals surface area contributed by atoms with Gasteiger partial charge in [-0.25, -0.2) is 13.1 Å². The number of carbonyl (C=O) groups is 1. The molecule has 0 heterocycles. The van der Waals surface area contributed by atoms with E-state index in [1.54, 1.807) is 12.1 Å². The van der Waals surface area contributed by atoms with Gasteiger partial charge >= 0.3 is 0 Å². The quantitative estimate of drug-likeness (QED) is 0.650. The number of nitrogen functional groups attached to an aromatic ring is 1. The molecule has 6 nitrogen and oxygen atoms in total. The minimum atomic E-state index is -3.60. The molecule has 2 rings (SSSR count). The summed E-state index contributed by atoms with van der Waals surface area (Å²) in [5.41, 5.74) is 5.92. The molecule has 0 bridgehead atoms. The third-order valence-corrected chi connectivity index (χ3v) is 4.21. The van der Waals surface area contributed by atoms with E-state index < -0.39 is 10.0 Å². The topological polar surface area (TPSA) is 101 Å². The van der Waals surface area contributed by atoms with Crippen LogP contribution < -0.4 is 15.8 Å². The van der Waals surface area contributed by atoms with Crippen molar-refractivity contribution in [2.24, 2.45) is 0 Å². The van der Waals surface area contributed by atoms with Gasteiger partial charge in [-0.05, 0) is 31.0 Å². The molecule has 1 aliphatic rings. The lowest BCUT2D eigenvalue weighted by Gasteiger charge is -2.07. The van der Waals surface area contributed by atoms with Crippen LogP contribution in [0.15, 0.2) is 29.2 Å². The molecule has 1 amide bonds. The van der Waals surface area contributed by atoms with Crippen molar-refractivity contribution in [3.05, 3.63) is 24.3 Å².